The molecule has 8 heteroatoms. The molecule has 1 aliphatic heterocycles. The van der Waals surface area contributed by atoms with Crippen molar-refractivity contribution >= 4 is 23.2 Å². The van der Waals surface area contributed by atoms with Crippen LogP contribution in [0.25, 0.3) is 0 Å². The number of morpholine rings is 1. The average Bonchev–Trinajstić information content (AvgIpc) is 2.67. The number of nitrogens with one attached hydrogen (secondary N) is 1. The number of amides is 1. The molecule has 142 valence electrons. The van der Waals surface area contributed by atoms with Gasteiger partial charge in [0.1, 0.15) is 0 Å². The smallest absolute Gasteiger partial charge is 0.270 e. The summed E-state index contributed by atoms with van der Waals surface area (Å²) in [4.78, 5) is 25.0. The maximum absolute atomic E-state index is 12.4. The first-order chi connectivity index (χ1) is 13.0. The molecule has 0 spiro atoms. The van der Waals surface area contributed by atoms with Gasteiger partial charge in [0, 0.05) is 38.3 Å². The van der Waals surface area contributed by atoms with Crippen LogP contribution in [0.1, 0.15) is 21.5 Å². The van der Waals surface area contributed by atoms with Gasteiger partial charge in [-0.05, 0) is 17.2 Å². The molecule has 0 aromatic heterocycles. The van der Waals surface area contributed by atoms with E-state index in [1.165, 1.54) is 18.2 Å². The Kier molecular flexibility index (Phi) is 6.39. The summed E-state index contributed by atoms with van der Waals surface area (Å²) in [5.74, 6) is -0.442. The Hall–Kier alpha value is -2.48. The van der Waals surface area contributed by atoms with Crippen molar-refractivity contribution in [2.45, 2.75) is 13.1 Å². The maximum atomic E-state index is 12.4. The van der Waals surface area contributed by atoms with Gasteiger partial charge in [-0.3, -0.25) is 19.8 Å². The molecule has 1 heterocycles. The highest BCUT2D eigenvalue weighted by atomic mass is 35.5. The van der Waals surface area contributed by atoms with Gasteiger partial charge in [-0.15, -0.1) is 0 Å². The van der Waals surface area contributed by atoms with Gasteiger partial charge in [0.2, 0.25) is 0 Å². The quantitative estimate of drug-likeness (QED) is 0.606. The van der Waals surface area contributed by atoms with Crippen molar-refractivity contribution in [2.24, 2.45) is 0 Å². The number of nitrogens with zero attached hydrogens (tertiary/aromatic N) is 2. The number of carbonyl (C=O) groups excluding carboxylic acids is 1. The monoisotopic (exact) mass is 389 g/mol. The topological polar surface area (TPSA) is 84.7 Å². The second kappa shape index (κ2) is 8.94. The molecular weight excluding hydrogens is 370 g/mol. The Balaban J connectivity index is 1.63. The third kappa shape index (κ3) is 5.26. The van der Waals surface area contributed by atoms with E-state index in [9.17, 15) is 14.9 Å². The first kappa shape index (κ1) is 19.3. The molecule has 2 aromatic rings. The van der Waals surface area contributed by atoms with Gasteiger partial charge in [-0.1, -0.05) is 35.9 Å². The van der Waals surface area contributed by atoms with E-state index in [-0.39, 0.29) is 16.3 Å². The second-order valence-corrected chi connectivity index (χ2v) is 6.72. The number of hydrogen-bond donors (Lipinski definition) is 1. The Morgan fingerprint density at radius 2 is 1.93 bits per heavy atom. The molecule has 1 amide bonds. The van der Waals surface area contributed by atoms with Crippen molar-refractivity contribution in [2.75, 3.05) is 26.3 Å². The van der Waals surface area contributed by atoms with Crippen LogP contribution in [-0.2, 0) is 17.8 Å². The Morgan fingerprint density at radius 1 is 1.19 bits per heavy atom. The summed E-state index contributed by atoms with van der Waals surface area (Å²) in [5, 5.41) is 13.8. The number of benzene rings is 2. The molecule has 0 bridgehead atoms. The van der Waals surface area contributed by atoms with E-state index in [1.54, 1.807) is 0 Å². The van der Waals surface area contributed by atoms with Crippen molar-refractivity contribution in [3.05, 3.63) is 74.3 Å². The fraction of sp³-hybridized carbons (Fsp3) is 0.316. The van der Waals surface area contributed by atoms with Gasteiger partial charge in [0.25, 0.3) is 11.6 Å². The molecule has 0 radical (unpaired) electrons. The minimum atomic E-state index is -0.553. The van der Waals surface area contributed by atoms with Crippen molar-refractivity contribution in [1.29, 1.82) is 0 Å². The molecule has 3 rings (SSSR count). The van der Waals surface area contributed by atoms with Crippen LogP contribution < -0.4 is 5.32 Å². The second-order valence-electron chi connectivity index (χ2n) is 6.31. The Labute approximate surface area is 162 Å². The van der Waals surface area contributed by atoms with Crippen LogP contribution in [-0.4, -0.2) is 42.0 Å². The minimum Gasteiger partial charge on any atom is -0.379 e. The maximum Gasteiger partial charge on any atom is 0.270 e. The standard InChI is InChI=1S/C19H20ClN3O4/c20-18-5-4-16(23(25)26)11-17(18)19(24)21-12-14-2-1-3-15(10-14)13-22-6-8-27-9-7-22/h1-5,10-11H,6-9,12-13H2,(H,21,24). The number of carbonyl (C=O) groups is 1. The minimum absolute atomic E-state index is 0.0929. The van der Waals surface area contributed by atoms with Crippen LogP contribution in [0, 0.1) is 10.1 Å². The summed E-state index contributed by atoms with van der Waals surface area (Å²) in [6, 6.07) is 11.8. The molecule has 27 heavy (non-hydrogen) atoms. The average molecular weight is 390 g/mol. The largest absolute Gasteiger partial charge is 0.379 e. The van der Waals surface area contributed by atoms with Crippen LogP contribution in [0.4, 0.5) is 5.69 Å². The highest BCUT2D eigenvalue weighted by Gasteiger charge is 2.16. The van der Waals surface area contributed by atoms with Gasteiger partial charge in [0.05, 0.1) is 28.7 Å². The van der Waals surface area contributed by atoms with E-state index < -0.39 is 10.8 Å². The van der Waals surface area contributed by atoms with Gasteiger partial charge >= 0.3 is 0 Å². The van der Waals surface area contributed by atoms with E-state index in [0.29, 0.717) is 6.54 Å². The zero-order valence-electron chi connectivity index (χ0n) is 14.7. The molecule has 0 atom stereocenters. The fourth-order valence-corrected chi connectivity index (χ4v) is 3.14. The van der Waals surface area contributed by atoms with Gasteiger partial charge in [0.15, 0.2) is 0 Å². The summed E-state index contributed by atoms with van der Waals surface area (Å²) in [7, 11) is 0. The lowest BCUT2D eigenvalue weighted by molar-refractivity contribution is -0.384. The third-order valence-electron chi connectivity index (χ3n) is 4.36. The lowest BCUT2D eigenvalue weighted by atomic mass is 10.1. The van der Waals surface area contributed by atoms with Crippen molar-refractivity contribution in [3.8, 4) is 0 Å². The van der Waals surface area contributed by atoms with Crippen LogP contribution in [0.5, 0.6) is 0 Å². The summed E-state index contributed by atoms with van der Waals surface area (Å²) in [5.41, 5.74) is 2.04. The fourth-order valence-electron chi connectivity index (χ4n) is 2.93. The molecule has 1 saturated heterocycles. The lowest BCUT2D eigenvalue weighted by Gasteiger charge is -2.26. The zero-order valence-corrected chi connectivity index (χ0v) is 15.4. The van der Waals surface area contributed by atoms with E-state index in [0.717, 1.165) is 44.0 Å². The SMILES string of the molecule is O=C(NCc1cccc(CN2CCOCC2)c1)c1cc([N+](=O)[O-])ccc1Cl. The highest BCUT2D eigenvalue weighted by molar-refractivity contribution is 6.33. The number of nitro benzene ring substituents is 1. The number of nitro groups is 1. The molecule has 0 saturated carbocycles. The van der Waals surface area contributed by atoms with E-state index in [1.807, 2.05) is 18.2 Å². The van der Waals surface area contributed by atoms with Crippen molar-refractivity contribution in [3.63, 3.8) is 0 Å². The first-order valence-corrected chi connectivity index (χ1v) is 9.01. The number of halogens is 1. The predicted octanol–water partition coefficient (Wildman–Crippen LogP) is 3.01. The molecule has 0 aliphatic carbocycles. The van der Waals surface area contributed by atoms with Gasteiger partial charge in [-0.25, -0.2) is 0 Å². The van der Waals surface area contributed by atoms with Crippen LogP contribution in [0.2, 0.25) is 5.02 Å². The van der Waals surface area contributed by atoms with Gasteiger partial charge in [-0.2, -0.15) is 0 Å². The molecule has 1 fully saturated rings. The molecule has 1 N–H and O–H groups in total. The predicted molar refractivity (Wildman–Crippen MR) is 102 cm³/mol. The number of hydrogen-bond acceptors (Lipinski definition) is 5. The summed E-state index contributed by atoms with van der Waals surface area (Å²) in [6.45, 7) is 4.47. The van der Waals surface area contributed by atoms with Crippen LogP contribution in [0.3, 0.4) is 0 Å². The van der Waals surface area contributed by atoms with Crippen molar-refractivity contribution < 1.29 is 14.5 Å². The van der Waals surface area contributed by atoms with E-state index >= 15 is 0 Å². The number of rotatable bonds is 6. The normalized spacial score (nSPS) is 14.7. The van der Waals surface area contributed by atoms with Crippen LogP contribution in [0.15, 0.2) is 42.5 Å². The van der Waals surface area contributed by atoms with E-state index in [4.69, 9.17) is 16.3 Å². The zero-order chi connectivity index (χ0) is 19.2. The third-order valence-corrected chi connectivity index (χ3v) is 4.69. The Bertz CT molecular complexity index is 837. The van der Waals surface area contributed by atoms with E-state index in [2.05, 4.69) is 16.3 Å². The lowest BCUT2D eigenvalue weighted by Crippen LogP contribution is -2.35. The molecule has 0 unspecified atom stereocenters. The first-order valence-electron chi connectivity index (χ1n) is 8.63. The number of ether oxygens (including phenoxy) is 1. The summed E-state index contributed by atoms with van der Waals surface area (Å²) in [6.07, 6.45) is 0. The molecule has 1 aliphatic rings. The molecule has 2 aromatic carbocycles. The molecule has 7 nitrogen and oxygen atoms in total. The van der Waals surface area contributed by atoms with Crippen molar-refractivity contribution in [1.82, 2.24) is 10.2 Å². The highest BCUT2D eigenvalue weighted by Crippen LogP contribution is 2.22. The van der Waals surface area contributed by atoms with Crippen LogP contribution >= 0.6 is 11.6 Å². The summed E-state index contributed by atoms with van der Waals surface area (Å²) >= 11 is 6.01. The summed E-state index contributed by atoms with van der Waals surface area (Å²) < 4.78 is 5.36. The number of non-ortho nitro benzene ring substituents is 1. The van der Waals surface area contributed by atoms with Gasteiger partial charge < -0.3 is 10.1 Å². The Morgan fingerprint density at radius 3 is 2.67 bits per heavy atom. The molecular formula is C19H20ClN3O4.